The maximum atomic E-state index is 13.1. The molecule has 3 aromatic rings. The lowest BCUT2D eigenvalue weighted by Crippen LogP contribution is -2.21. The Morgan fingerprint density at radius 3 is 2.47 bits per heavy atom. The molecule has 0 radical (unpaired) electrons. The maximum Gasteiger partial charge on any atom is 0.300 e. The SMILES string of the molecule is CC(=O)O.COc1ccc(NS(=O)c2cc(-c3sc(NC4CCCCC4)nc3C)ccc2OC)cn1. The van der Waals surface area contributed by atoms with Crippen molar-refractivity contribution in [2.45, 2.75) is 56.9 Å². The summed E-state index contributed by atoms with van der Waals surface area (Å²) in [7, 11) is 1.60. The van der Waals surface area contributed by atoms with Crippen molar-refractivity contribution in [3.63, 3.8) is 0 Å². The van der Waals surface area contributed by atoms with Crippen LogP contribution >= 0.6 is 11.3 Å². The van der Waals surface area contributed by atoms with Gasteiger partial charge in [0.2, 0.25) is 5.88 Å². The van der Waals surface area contributed by atoms with E-state index in [0.29, 0.717) is 28.3 Å². The number of thiazole rings is 1. The number of pyridine rings is 1. The van der Waals surface area contributed by atoms with Gasteiger partial charge in [-0.3, -0.25) is 9.52 Å². The minimum atomic E-state index is -1.53. The maximum absolute atomic E-state index is 13.1. The fourth-order valence-corrected chi connectivity index (χ4v) is 5.89. The third-order valence-corrected chi connectivity index (χ3v) is 7.79. The molecule has 1 atom stereocenters. The number of aliphatic carboxylic acids is 1. The number of ether oxygens (including phenoxy) is 2. The van der Waals surface area contributed by atoms with Gasteiger partial charge in [-0.25, -0.2) is 14.2 Å². The predicted molar refractivity (Wildman–Crippen MR) is 143 cm³/mol. The van der Waals surface area contributed by atoms with Gasteiger partial charge in [-0.2, -0.15) is 0 Å². The van der Waals surface area contributed by atoms with Crippen molar-refractivity contribution in [1.29, 1.82) is 0 Å². The van der Waals surface area contributed by atoms with Crippen LogP contribution in [0.15, 0.2) is 41.4 Å². The van der Waals surface area contributed by atoms with Gasteiger partial charge < -0.3 is 19.9 Å². The average molecular weight is 533 g/mol. The number of carboxylic acids is 1. The second kappa shape index (κ2) is 13.2. The Balaban J connectivity index is 0.000000840. The van der Waals surface area contributed by atoms with Gasteiger partial charge in [-0.15, -0.1) is 0 Å². The molecule has 3 N–H and O–H groups in total. The van der Waals surface area contributed by atoms with Crippen LogP contribution in [-0.2, 0) is 15.8 Å². The molecule has 0 aliphatic heterocycles. The Kier molecular flexibility index (Phi) is 10.1. The number of nitrogens with one attached hydrogen (secondary N) is 2. The summed E-state index contributed by atoms with van der Waals surface area (Å²) in [4.78, 5) is 19.5. The Morgan fingerprint density at radius 1 is 1.14 bits per heavy atom. The number of hydrogen-bond acceptors (Lipinski definition) is 8. The number of aromatic nitrogens is 2. The van der Waals surface area contributed by atoms with E-state index >= 15 is 0 Å². The van der Waals surface area contributed by atoms with Gasteiger partial charge >= 0.3 is 0 Å². The number of methoxy groups -OCH3 is 2. The molecule has 0 saturated heterocycles. The smallest absolute Gasteiger partial charge is 0.300 e. The average Bonchev–Trinajstić information content (AvgIpc) is 3.24. The molecule has 194 valence electrons. The van der Waals surface area contributed by atoms with E-state index in [0.717, 1.165) is 28.2 Å². The van der Waals surface area contributed by atoms with E-state index in [9.17, 15) is 4.21 Å². The Labute approximate surface area is 217 Å². The van der Waals surface area contributed by atoms with Gasteiger partial charge in [-0.1, -0.05) is 30.6 Å². The molecule has 1 unspecified atom stereocenters. The van der Waals surface area contributed by atoms with Gasteiger partial charge in [-0.05, 0) is 49.6 Å². The molecule has 1 aliphatic rings. The molecule has 1 aromatic carbocycles. The third-order valence-electron chi connectivity index (χ3n) is 5.51. The Hall–Kier alpha value is -3.18. The number of nitrogens with zero attached hydrogens (tertiary/aromatic N) is 2. The van der Waals surface area contributed by atoms with Crippen LogP contribution in [0.1, 0.15) is 44.7 Å². The zero-order chi connectivity index (χ0) is 26.1. The second-order valence-electron chi connectivity index (χ2n) is 8.26. The second-order valence-corrected chi connectivity index (χ2v) is 10.4. The van der Waals surface area contributed by atoms with Crippen LogP contribution in [0.3, 0.4) is 0 Å². The van der Waals surface area contributed by atoms with Crippen molar-refractivity contribution in [3.05, 3.63) is 42.2 Å². The fraction of sp³-hybridized carbons (Fsp3) is 0.400. The summed E-state index contributed by atoms with van der Waals surface area (Å²) < 4.78 is 26.7. The first-order chi connectivity index (χ1) is 17.3. The van der Waals surface area contributed by atoms with Gasteiger partial charge in [0.05, 0.1) is 36.7 Å². The summed E-state index contributed by atoms with van der Waals surface area (Å²) in [5.74, 6) is 0.225. The van der Waals surface area contributed by atoms with Crippen LogP contribution in [0.4, 0.5) is 10.8 Å². The Bertz CT molecular complexity index is 1170. The van der Waals surface area contributed by atoms with Crippen LogP contribution in [0.5, 0.6) is 11.6 Å². The number of carboxylic acid groups (broad SMARTS) is 1. The summed E-state index contributed by atoms with van der Waals surface area (Å²) >= 11 is 1.64. The highest BCUT2D eigenvalue weighted by Gasteiger charge is 2.19. The minimum Gasteiger partial charge on any atom is -0.495 e. The van der Waals surface area contributed by atoms with Crippen LogP contribution < -0.4 is 19.5 Å². The molecule has 9 nitrogen and oxygen atoms in total. The summed E-state index contributed by atoms with van der Waals surface area (Å²) in [5, 5.41) is 12.0. The molecule has 1 aliphatic carbocycles. The quantitative estimate of drug-likeness (QED) is 0.348. The first-order valence-corrected chi connectivity index (χ1v) is 13.6. The molecule has 4 rings (SSSR count). The van der Waals surface area contributed by atoms with E-state index in [1.165, 1.54) is 32.1 Å². The number of anilines is 2. The van der Waals surface area contributed by atoms with Crippen molar-refractivity contribution in [1.82, 2.24) is 9.97 Å². The van der Waals surface area contributed by atoms with Gasteiger partial charge in [0.15, 0.2) is 16.1 Å². The van der Waals surface area contributed by atoms with Crippen LogP contribution in [0.2, 0.25) is 0 Å². The summed E-state index contributed by atoms with van der Waals surface area (Å²) in [6.07, 6.45) is 7.87. The highest BCUT2D eigenvalue weighted by molar-refractivity contribution is 7.86. The monoisotopic (exact) mass is 532 g/mol. The van der Waals surface area contributed by atoms with Crippen LogP contribution in [0.25, 0.3) is 10.4 Å². The van der Waals surface area contributed by atoms with Crippen LogP contribution in [0, 0.1) is 6.92 Å². The first kappa shape index (κ1) is 27.4. The molecule has 11 heteroatoms. The van der Waals surface area contributed by atoms with E-state index in [-0.39, 0.29) is 0 Å². The highest BCUT2D eigenvalue weighted by Crippen LogP contribution is 2.37. The molecular weight excluding hydrogens is 500 g/mol. The first-order valence-electron chi connectivity index (χ1n) is 11.6. The zero-order valence-electron chi connectivity index (χ0n) is 20.9. The lowest BCUT2D eigenvalue weighted by atomic mass is 9.96. The third kappa shape index (κ3) is 7.66. The largest absolute Gasteiger partial charge is 0.495 e. The molecule has 1 fully saturated rings. The minimum absolute atomic E-state index is 0.499. The molecular formula is C25H32N4O5S2. The van der Waals surface area contributed by atoms with E-state index in [2.05, 4.69) is 15.0 Å². The molecule has 0 amide bonds. The van der Waals surface area contributed by atoms with Crippen LogP contribution in [-0.4, -0.2) is 45.5 Å². The fourth-order valence-electron chi connectivity index (χ4n) is 3.83. The topological polar surface area (TPSA) is 123 Å². The number of rotatable bonds is 8. The summed E-state index contributed by atoms with van der Waals surface area (Å²) in [5.41, 5.74) is 2.56. The summed E-state index contributed by atoms with van der Waals surface area (Å²) in [6.45, 7) is 3.10. The lowest BCUT2D eigenvalue weighted by molar-refractivity contribution is -0.134. The normalized spacial score (nSPS) is 14.2. The number of benzene rings is 1. The summed E-state index contributed by atoms with van der Waals surface area (Å²) in [6, 6.07) is 9.74. The lowest BCUT2D eigenvalue weighted by Gasteiger charge is -2.22. The molecule has 0 spiro atoms. The van der Waals surface area contributed by atoms with E-state index in [1.807, 2.05) is 25.1 Å². The predicted octanol–water partition coefficient (Wildman–Crippen LogP) is 5.50. The van der Waals surface area contributed by atoms with Crippen molar-refractivity contribution < 1.29 is 23.6 Å². The Morgan fingerprint density at radius 2 is 1.86 bits per heavy atom. The number of aryl methyl sites for hydroxylation is 1. The molecule has 1 saturated carbocycles. The highest BCUT2D eigenvalue weighted by atomic mass is 32.2. The number of hydrogen-bond donors (Lipinski definition) is 3. The van der Waals surface area contributed by atoms with Crippen molar-refractivity contribution in [2.24, 2.45) is 0 Å². The van der Waals surface area contributed by atoms with Crippen molar-refractivity contribution >= 4 is 39.1 Å². The van der Waals surface area contributed by atoms with E-state index < -0.39 is 17.0 Å². The van der Waals surface area contributed by atoms with E-state index in [4.69, 9.17) is 24.4 Å². The van der Waals surface area contributed by atoms with E-state index in [1.54, 1.807) is 43.9 Å². The molecule has 2 aromatic heterocycles. The number of carbonyl (C=O) groups is 1. The molecule has 36 heavy (non-hydrogen) atoms. The standard InChI is InChI=1S/C23H28N4O3S2.C2H4O2/c1-15-22(31-23(25-15)26-17-7-5-4-6-8-17)16-9-11-19(29-2)20(13-16)32(28)27-18-10-12-21(30-3)24-14-18;1-2(3)4/h9-14,17,27H,4-8H2,1-3H3,(H,25,26);1H3,(H,3,4). The zero-order valence-corrected chi connectivity index (χ0v) is 22.5. The van der Waals surface area contributed by atoms with Gasteiger partial charge in [0, 0.05) is 19.0 Å². The van der Waals surface area contributed by atoms with Crippen molar-refractivity contribution in [2.75, 3.05) is 24.3 Å². The molecule has 0 bridgehead atoms. The van der Waals surface area contributed by atoms with Crippen molar-refractivity contribution in [3.8, 4) is 22.1 Å². The van der Waals surface area contributed by atoms with Gasteiger partial charge in [0.1, 0.15) is 10.6 Å². The van der Waals surface area contributed by atoms with Gasteiger partial charge in [0.25, 0.3) is 5.97 Å². The molecule has 2 heterocycles.